The van der Waals surface area contributed by atoms with E-state index in [4.69, 9.17) is 0 Å². The lowest BCUT2D eigenvalue weighted by atomic mass is 10.2. The number of rotatable bonds is 3. The Labute approximate surface area is 97.8 Å². The van der Waals surface area contributed by atoms with Crippen LogP contribution in [0.5, 0.6) is 0 Å². The van der Waals surface area contributed by atoms with Gasteiger partial charge in [0.25, 0.3) is 0 Å². The Kier molecular flexibility index (Phi) is 3.33. The maximum atomic E-state index is 11.7. The van der Waals surface area contributed by atoms with Crippen LogP contribution in [0.1, 0.15) is 5.82 Å². The average molecular weight is 238 g/mol. The first-order chi connectivity index (χ1) is 8.15. The molecule has 1 fully saturated rings. The first-order valence-electron chi connectivity index (χ1n) is 5.27. The van der Waals surface area contributed by atoms with E-state index in [9.17, 15) is 9.59 Å². The molecule has 8 nitrogen and oxygen atoms in total. The molecule has 0 aromatic carbocycles. The van der Waals surface area contributed by atoms with Crippen molar-refractivity contribution < 1.29 is 9.59 Å². The fourth-order valence-electron chi connectivity index (χ4n) is 1.51. The average Bonchev–Trinajstić information content (AvgIpc) is 2.73. The lowest BCUT2D eigenvalue weighted by molar-refractivity contribution is -0.126. The SMILES string of the molecule is Cn1cnc(CNC(=O)C2CNC(=O)CN2)n1. The summed E-state index contributed by atoms with van der Waals surface area (Å²) in [6.07, 6.45) is 1.57. The number of hydrogen-bond acceptors (Lipinski definition) is 5. The number of carbonyl (C=O) groups excluding carboxylic acids is 2. The van der Waals surface area contributed by atoms with Gasteiger partial charge < -0.3 is 10.6 Å². The van der Waals surface area contributed by atoms with Crippen LogP contribution in [0.3, 0.4) is 0 Å². The van der Waals surface area contributed by atoms with Gasteiger partial charge in [0.15, 0.2) is 5.82 Å². The fourth-order valence-corrected chi connectivity index (χ4v) is 1.51. The predicted octanol–water partition coefficient (Wildman–Crippen LogP) is -2.48. The largest absolute Gasteiger partial charge is 0.353 e. The second-order valence-corrected chi connectivity index (χ2v) is 3.79. The minimum atomic E-state index is -0.392. The summed E-state index contributed by atoms with van der Waals surface area (Å²) in [5, 5.41) is 12.2. The zero-order valence-electron chi connectivity index (χ0n) is 9.43. The standard InChI is InChI=1S/C9H14N6O2/c1-15-5-13-7(14-15)3-12-9(17)6-2-11-8(16)4-10-6/h5-6,10H,2-4H2,1H3,(H,11,16)(H,12,17). The molecule has 1 aliphatic rings. The highest BCUT2D eigenvalue weighted by molar-refractivity contribution is 5.86. The molecule has 0 saturated carbocycles. The minimum Gasteiger partial charge on any atom is -0.353 e. The summed E-state index contributed by atoms with van der Waals surface area (Å²) in [4.78, 5) is 26.6. The molecule has 1 aliphatic heterocycles. The third kappa shape index (κ3) is 3.00. The summed E-state index contributed by atoms with van der Waals surface area (Å²) in [5.74, 6) is 0.290. The van der Waals surface area contributed by atoms with E-state index in [1.807, 2.05) is 0 Å². The van der Waals surface area contributed by atoms with Gasteiger partial charge in [0.05, 0.1) is 13.1 Å². The number of nitrogens with one attached hydrogen (secondary N) is 3. The highest BCUT2D eigenvalue weighted by atomic mass is 16.2. The highest BCUT2D eigenvalue weighted by Gasteiger charge is 2.23. The molecule has 0 bridgehead atoms. The first-order valence-corrected chi connectivity index (χ1v) is 5.27. The lowest BCUT2D eigenvalue weighted by Crippen LogP contribution is -2.57. The number of aryl methyl sites for hydroxylation is 1. The molecule has 1 saturated heterocycles. The second kappa shape index (κ2) is 4.91. The van der Waals surface area contributed by atoms with Gasteiger partial charge in [-0.3, -0.25) is 19.6 Å². The summed E-state index contributed by atoms with van der Waals surface area (Å²) in [6, 6.07) is -0.392. The smallest absolute Gasteiger partial charge is 0.239 e. The fraction of sp³-hybridized carbons (Fsp3) is 0.556. The summed E-state index contributed by atoms with van der Waals surface area (Å²) in [5.41, 5.74) is 0. The summed E-state index contributed by atoms with van der Waals surface area (Å²) < 4.78 is 1.57. The molecule has 1 unspecified atom stereocenters. The van der Waals surface area contributed by atoms with Gasteiger partial charge in [-0.1, -0.05) is 0 Å². The summed E-state index contributed by atoms with van der Waals surface area (Å²) in [7, 11) is 1.76. The van der Waals surface area contributed by atoms with Gasteiger partial charge in [0.1, 0.15) is 12.4 Å². The van der Waals surface area contributed by atoms with Crippen molar-refractivity contribution in [1.82, 2.24) is 30.7 Å². The number of piperazine rings is 1. The number of carbonyl (C=O) groups is 2. The van der Waals surface area contributed by atoms with Crippen molar-refractivity contribution in [2.75, 3.05) is 13.1 Å². The minimum absolute atomic E-state index is 0.0968. The molecule has 2 rings (SSSR count). The number of amides is 2. The van der Waals surface area contributed by atoms with E-state index in [0.717, 1.165) is 0 Å². The zero-order chi connectivity index (χ0) is 12.3. The van der Waals surface area contributed by atoms with Gasteiger partial charge in [-0.2, -0.15) is 5.10 Å². The van der Waals surface area contributed by atoms with E-state index in [-0.39, 0.29) is 24.9 Å². The molecule has 0 radical (unpaired) electrons. The van der Waals surface area contributed by atoms with Crippen LogP contribution in [0.15, 0.2) is 6.33 Å². The molecule has 92 valence electrons. The van der Waals surface area contributed by atoms with Crippen molar-refractivity contribution in [2.45, 2.75) is 12.6 Å². The summed E-state index contributed by atoms with van der Waals surface area (Å²) >= 11 is 0. The van der Waals surface area contributed by atoms with E-state index in [1.54, 1.807) is 18.1 Å². The Balaban J connectivity index is 1.79. The molecular formula is C9H14N6O2. The van der Waals surface area contributed by atoms with Crippen LogP contribution in [0, 0.1) is 0 Å². The van der Waals surface area contributed by atoms with Crippen molar-refractivity contribution in [1.29, 1.82) is 0 Å². The van der Waals surface area contributed by atoms with Crippen LogP contribution >= 0.6 is 0 Å². The van der Waals surface area contributed by atoms with Crippen molar-refractivity contribution in [3.05, 3.63) is 12.2 Å². The number of aromatic nitrogens is 3. The summed E-state index contributed by atoms with van der Waals surface area (Å²) in [6.45, 7) is 0.756. The molecule has 0 spiro atoms. The highest BCUT2D eigenvalue weighted by Crippen LogP contribution is 1.91. The van der Waals surface area contributed by atoms with Crippen molar-refractivity contribution >= 4 is 11.8 Å². The molecule has 0 aliphatic carbocycles. The molecular weight excluding hydrogens is 224 g/mol. The molecule has 3 N–H and O–H groups in total. The molecule has 2 amide bonds. The molecule has 17 heavy (non-hydrogen) atoms. The molecule has 8 heteroatoms. The van der Waals surface area contributed by atoms with Crippen LogP contribution in [-0.4, -0.2) is 45.7 Å². The van der Waals surface area contributed by atoms with Crippen molar-refractivity contribution in [3.63, 3.8) is 0 Å². The Morgan fingerprint density at radius 2 is 2.53 bits per heavy atom. The Morgan fingerprint density at radius 3 is 3.12 bits per heavy atom. The predicted molar refractivity (Wildman–Crippen MR) is 57.7 cm³/mol. The molecule has 1 atom stereocenters. The van der Waals surface area contributed by atoms with Gasteiger partial charge in [-0.15, -0.1) is 0 Å². The van der Waals surface area contributed by atoms with Crippen LogP contribution in [0.25, 0.3) is 0 Å². The maximum absolute atomic E-state index is 11.7. The number of nitrogens with zero attached hydrogens (tertiary/aromatic N) is 3. The van der Waals surface area contributed by atoms with Crippen LogP contribution < -0.4 is 16.0 Å². The van der Waals surface area contributed by atoms with E-state index in [0.29, 0.717) is 12.4 Å². The Hall–Kier alpha value is -1.96. The van der Waals surface area contributed by atoms with E-state index in [1.165, 1.54) is 0 Å². The van der Waals surface area contributed by atoms with E-state index in [2.05, 4.69) is 26.0 Å². The van der Waals surface area contributed by atoms with Crippen molar-refractivity contribution in [2.24, 2.45) is 7.05 Å². The van der Waals surface area contributed by atoms with Gasteiger partial charge >= 0.3 is 0 Å². The lowest BCUT2D eigenvalue weighted by Gasteiger charge is -2.22. The zero-order valence-corrected chi connectivity index (χ0v) is 9.43. The van der Waals surface area contributed by atoms with Gasteiger partial charge in [-0.25, -0.2) is 4.98 Å². The first kappa shape index (κ1) is 11.5. The van der Waals surface area contributed by atoms with E-state index >= 15 is 0 Å². The van der Waals surface area contributed by atoms with Crippen LogP contribution in [-0.2, 0) is 23.2 Å². The normalized spacial score (nSPS) is 19.8. The number of hydrogen-bond donors (Lipinski definition) is 3. The van der Waals surface area contributed by atoms with Crippen LogP contribution in [0.4, 0.5) is 0 Å². The quantitative estimate of drug-likeness (QED) is 0.541. The maximum Gasteiger partial charge on any atom is 0.239 e. The van der Waals surface area contributed by atoms with E-state index < -0.39 is 6.04 Å². The monoisotopic (exact) mass is 238 g/mol. The topological polar surface area (TPSA) is 101 Å². The Bertz CT molecular complexity index is 419. The second-order valence-electron chi connectivity index (χ2n) is 3.79. The van der Waals surface area contributed by atoms with Gasteiger partial charge in [0.2, 0.25) is 11.8 Å². The third-order valence-electron chi connectivity index (χ3n) is 2.40. The molecule has 2 heterocycles. The van der Waals surface area contributed by atoms with Gasteiger partial charge in [-0.05, 0) is 0 Å². The van der Waals surface area contributed by atoms with Crippen molar-refractivity contribution in [3.8, 4) is 0 Å². The van der Waals surface area contributed by atoms with Crippen LogP contribution in [0.2, 0.25) is 0 Å². The molecule has 1 aromatic heterocycles. The van der Waals surface area contributed by atoms with Gasteiger partial charge in [0, 0.05) is 13.6 Å². The molecule has 1 aromatic rings. The Morgan fingerprint density at radius 1 is 1.71 bits per heavy atom. The third-order valence-corrected chi connectivity index (χ3v) is 2.40.